The van der Waals surface area contributed by atoms with Crippen molar-refractivity contribution >= 4 is 23.0 Å². The van der Waals surface area contributed by atoms with E-state index in [4.69, 9.17) is 5.73 Å². The smallest absolute Gasteiger partial charge is 0.340 e. The van der Waals surface area contributed by atoms with Crippen LogP contribution in [-0.4, -0.2) is 13.1 Å². The molecule has 0 radical (unpaired) electrons. The summed E-state index contributed by atoms with van der Waals surface area (Å²) in [4.78, 5) is 11.5. The van der Waals surface area contributed by atoms with Crippen LogP contribution in [0, 0.1) is 17.5 Å². The number of nitrogens with one attached hydrogen (secondary N) is 1. The lowest BCUT2D eigenvalue weighted by Crippen LogP contribution is -2.08. The summed E-state index contributed by atoms with van der Waals surface area (Å²) >= 11 is 0. The largest absolute Gasteiger partial charge is 0.465 e. The van der Waals surface area contributed by atoms with E-state index in [1.165, 1.54) is 25.3 Å². The average molecular weight is 296 g/mol. The third-order valence-electron chi connectivity index (χ3n) is 2.78. The number of hydrogen-bond acceptors (Lipinski definition) is 4. The molecule has 0 atom stereocenters. The minimum absolute atomic E-state index is 0.0347. The number of rotatable bonds is 3. The molecule has 2 rings (SSSR count). The molecule has 0 aliphatic rings. The molecule has 0 spiro atoms. The normalized spacial score (nSPS) is 10.3. The third kappa shape index (κ3) is 2.91. The van der Waals surface area contributed by atoms with E-state index < -0.39 is 29.1 Å². The van der Waals surface area contributed by atoms with E-state index in [1.807, 2.05) is 0 Å². The van der Waals surface area contributed by atoms with Crippen LogP contribution in [0.5, 0.6) is 0 Å². The van der Waals surface area contributed by atoms with Crippen molar-refractivity contribution in [1.82, 2.24) is 0 Å². The number of carbonyl (C=O) groups is 1. The van der Waals surface area contributed by atoms with Gasteiger partial charge >= 0.3 is 5.97 Å². The number of hydrogen-bond donors (Lipinski definition) is 2. The molecule has 0 amide bonds. The number of carbonyl (C=O) groups excluding carboxylic acids is 1. The molecule has 0 saturated heterocycles. The van der Waals surface area contributed by atoms with E-state index >= 15 is 0 Å². The number of benzene rings is 2. The number of anilines is 3. The number of para-hydroxylation sites is 1. The van der Waals surface area contributed by atoms with Crippen molar-refractivity contribution in [3.05, 3.63) is 53.3 Å². The van der Waals surface area contributed by atoms with Gasteiger partial charge in [-0.15, -0.1) is 0 Å². The third-order valence-corrected chi connectivity index (χ3v) is 2.78. The van der Waals surface area contributed by atoms with Gasteiger partial charge < -0.3 is 15.8 Å². The van der Waals surface area contributed by atoms with Crippen molar-refractivity contribution in [2.75, 3.05) is 18.2 Å². The molecular formula is C14H11F3N2O2. The summed E-state index contributed by atoms with van der Waals surface area (Å²) in [5.41, 5.74) is 5.30. The second-order valence-electron chi connectivity index (χ2n) is 4.13. The Kier molecular flexibility index (Phi) is 4.02. The molecule has 21 heavy (non-hydrogen) atoms. The van der Waals surface area contributed by atoms with Crippen LogP contribution in [0.4, 0.5) is 30.2 Å². The molecule has 2 aromatic carbocycles. The maximum absolute atomic E-state index is 13.6. The van der Waals surface area contributed by atoms with Crippen LogP contribution < -0.4 is 11.1 Å². The zero-order valence-electron chi connectivity index (χ0n) is 10.9. The van der Waals surface area contributed by atoms with Crippen molar-refractivity contribution in [2.24, 2.45) is 0 Å². The molecule has 0 heterocycles. The summed E-state index contributed by atoms with van der Waals surface area (Å²) in [5.74, 6) is -3.95. The minimum atomic E-state index is -1.12. The Morgan fingerprint density at radius 3 is 2.38 bits per heavy atom. The highest BCUT2D eigenvalue weighted by Crippen LogP contribution is 2.30. The van der Waals surface area contributed by atoms with Crippen molar-refractivity contribution < 1.29 is 22.7 Å². The van der Waals surface area contributed by atoms with Crippen LogP contribution in [0.25, 0.3) is 0 Å². The molecule has 0 unspecified atom stereocenters. The van der Waals surface area contributed by atoms with E-state index in [0.717, 1.165) is 0 Å². The first-order valence-corrected chi connectivity index (χ1v) is 5.82. The quantitative estimate of drug-likeness (QED) is 0.674. The van der Waals surface area contributed by atoms with Crippen molar-refractivity contribution in [3.8, 4) is 0 Å². The lowest BCUT2D eigenvalue weighted by Gasteiger charge is -2.13. The second kappa shape index (κ2) is 5.74. The number of ether oxygens (including phenoxy) is 1. The Morgan fingerprint density at radius 1 is 1.19 bits per heavy atom. The standard InChI is InChI=1S/C14H11F3N2O2/c1-21-14(20)8-3-2-4-11(12(8)18)19-13-9(16)5-7(15)6-10(13)17/h2-6,19H,18H2,1H3. The SMILES string of the molecule is COC(=O)c1cccc(Nc2c(F)cc(F)cc2F)c1N. The summed E-state index contributed by atoms with van der Waals surface area (Å²) in [6.45, 7) is 0. The fraction of sp³-hybridized carbons (Fsp3) is 0.0714. The Morgan fingerprint density at radius 2 is 1.81 bits per heavy atom. The molecule has 0 aliphatic carbocycles. The summed E-state index contributed by atoms with van der Waals surface area (Å²) < 4.78 is 44.5. The molecule has 0 aliphatic heterocycles. The van der Waals surface area contributed by atoms with Gasteiger partial charge in [0, 0.05) is 12.1 Å². The van der Waals surface area contributed by atoms with Crippen LogP contribution in [0.1, 0.15) is 10.4 Å². The summed E-state index contributed by atoms with van der Waals surface area (Å²) in [7, 11) is 1.18. The lowest BCUT2D eigenvalue weighted by molar-refractivity contribution is 0.0602. The number of methoxy groups -OCH3 is 1. The van der Waals surface area contributed by atoms with Crippen LogP contribution in [0.15, 0.2) is 30.3 Å². The highest BCUT2D eigenvalue weighted by atomic mass is 19.1. The first-order chi connectivity index (χ1) is 9.93. The van der Waals surface area contributed by atoms with Crippen LogP contribution >= 0.6 is 0 Å². The first-order valence-electron chi connectivity index (χ1n) is 5.82. The highest BCUT2D eigenvalue weighted by Gasteiger charge is 2.16. The molecular weight excluding hydrogens is 285 g/mol. The summed E-state index contributed by atoms with van der Waals surface area (Å²) in [6, 6.07) is 5.36. The predicted molar refractivity (Wildman–Crippen MR) is 71.8 cm³/mol. The van der Waals surface area contributed by atoms with Gasteiger partial charge in [0.1, 0.15) is 11.5 Å². The molecule has 0 fully saturated rings. The Hall–Kier alpha value is -2.70. The van der Waals surface area contributed by atoms with E-state index in [9.17, 15) is 18.0 Å². The van der Waals surface area contributed by atoms with E-state index in [2.05, 4.69) is 10.1 Å². The number of nitrogen functional groups attached to an aromatic ring is 1. The molecule has 0 bridgehead atoms. The Balaban J connectivity index is 2.44. The van der Waals surface area contributed by atoms with E-state index in [-0.39, 0.29) is 16.9 Å². The molecule has 110 valence electrons. The minimum Gasteiger partial charge on any atom is -0.465 e. The highest BCUT2D eigenvalue weighted by molar-refractivity contribution is 5.98. The maximum atomic E-state index is 13.6. The fourth-order valence-corrected chi connectivity index (χ4v) is 1.76. The van der Waals surface area contributed by atoms with Gasteiger partial charge in [0.25, 0.3) is 0 Å². The molecule has 4 nitrogen and oxygen atoms in total. The van der Waals surface area contributed by atoms with Crippen LogP contribution in [0.3, 0.4) is 0 Å². The fourth-order valence-electron chi connectivity index (χ4n) is 1.76. The number of nitrogens with two attached hydrogens (primary N) is 1. The summed E-state index contributed by atoms with van der Waals surface area (Å²) in [6.07, 6.45) is 0. The van der Waals surface area contributed by atoms with Gasteiger partial charge in [-0.3, -0.25) is 0 Å². The number of halogens is 3. The monoisotopic (exact) mass is 296 g/mol. The lowest BCUT2D eigenvalue weighted by atomic mass is 10.1. The molecule has 0 saturated carbocycles. The molecule has 2 aromatic rings. The van der Waals surface area contributed by atoms with Crippen molar-refractivity contribution in [3.63, 3.8) is 0 Å². The maximum Gasteiger partial charge on any atom is 0.340 e. The zero-order valence-corrected chi connectivity index (χ0v) is 10.9. The van der Waals surface area contributed by atoms with Gasteiger partial charge in [0.2, 0.25) is 0 Å². The van der Waals surface area contributed by atoms with Gasteiger partial charge in [0.15, 0.2) is 11.6 Å². The van der Waals surface area contributed by atoms with Crippen LogP contribution in [0.2, 0.25) is 0 Å². The molecule has 3 N–H and O–H groups in total. The first kappa shape index (κ1) is 14.7. The zero-order chi connectivity index (χ0) is 15.6. The summed E-state index contributed by atoms with van der Waals surface area (Å²) in [5, 5.41) is 2.41. The van der Waals surface area contributed by atoms with Gasteiger partial charge in [-0.05, 0) is 12.1 Å². The molecule has 7 heteroatoms. The Bertz CT molecular complexity index is 682. The van der Waals surface area contributed by atoms with Crippen molar-refractivity contribution in [1.29, 1.82) is 0 Å². The van der Waals surface area contributed by atoms with Gasteiger partial charge in [-0.2, -0.15) is 0 Å². The van der Waals surface area contributed by atoms with E-state index in [1.54, 1.807) is 0 Å². The van der Waals surface area contributed by atoms with Gasteiger partial charge in [-0.1, -0.05) is 6.07 Å². The molecule has 0 aromatic heterocycles. The van der Waals surface area contributed by atoms with E-state index in [0.29, 0.717) is 12.1 Å². The van der Waals surface area contributed by atoms with Crippen molar-refractivity contribution in [2.45, 2.75) is 0 Å². The second-order valence-corrected chi connectivity index (χ2v) is 4.13. The Labute approximate surface area is 118 Å². The van der Waals surface area contributed by atoms with Gasteiger partial charge in [-0.25, -0.2) is 18.0 Å². The topological polar surface area (TPSA) is 64.3 Å². The predicted octanol–water partition coefficient (Wildman–Crippen LogP) is 3.22. The van der Waals surface area contributed by atoms with Gasteiger partial charge in [0.05, 0.1) is 24.0 Å². The van der Waals surface area contributed by atoms with Crippen LogP contribution in [-0.2, 0) is 4.74 Å². The average Bonchev–Trinajstić information content (AvgIpc) is 2.43. The number of esters is 1.